The lowest BCUT2D eigenvalue weighted by atomic mass is 10.1. The van der Waals surface area contributed by atoms with Crippen molar-refractivity contribution < 1.29 is 8.42 Å². The minimum Gasteiger partial charge on any atom is -0.339 e. The topological polar surface area (TPSA) is 87.2 Å². The van der Waals surface area contributed by atoms with Gasteiger partial charge in [0.15, 0.2) is 5.82 Å². The van der Waals surface area contributed by atoms with E-state index >= 15 is 0 Å². The van der Waals surface area contributed by atoms with E-state index in [1.165, 1.54) is 10.7 Å². The highest BCUT2D eigenvalue weighted by atomic mass is 32.2. The van der Waals surface area contributed by atoms with Crippen LogP contribution in [0.1, 0.15) is 28.8 Å². The van der Waals surface area contributed by atoms with Gasteiger partial charge in [-0.1, -0.05) is 42.2 Å². The van der Waals surface area contributed by atoms with Crippen LogP contribution in [0.2, 0.25) is 0 Å². The van der Waals surface area contributed by atoms with Crippen LogP contribution in [-0.4, -0.2) is 37.5 Å². The summed E-state index contributed by atoms with van der Waals surface area (Å²) in [6.07, 6.45) is 4.49. The zero-order valence-corrected chi connectivity index (χ0v) is 21.2. The van der Waals surface area contributed by atoms with E-state index in [4.69, 9.17) is 0 Å². The first-order valence-corrected chi connectivity index (χ1v) is 14.4. The number of fused-ring (bicyclic) bond motifs is 2. The molecule has 0 bridgehead atoms. The third kappa shape index (κ3) is 4.67. The fourth-order valence-corrected chi connectivity index (χ4v) is 7.24. The lowest BCUT2D eigenvalue weighted by molar-refractivity contribution is 0.591. The monoisotopic (exact) mass is 515 g/mol. The summed E-state index contributed by atoms with van der Waals surface area (Å²) in [5.41, 5.74) is 4.27. The Hall–Kier alpha value is -3.45. The summed E-state index contributed by atoms with van der Waals surface area (Å²) in [5, 5.41) is 6.81. The van der Waals surface area contributed by atoms with Crippen LogP contribution in [0.5, 0.6) is 0 Å². The quantitative estimate of drug-likeness (QED) is 0.383. The molecular formula is C27H25N5O2S2. The Kier molecular flexibility index (Phi) is 6.09. The lowest BCUT2D eigenvalue weighted by Crippen LogP contribution is -2.30. The van der Waals surface area contributed by atoms with Crippen molar-refractivity contribution in [2.45, 2.75) is 31.1 Å². The van der Waals surface area contributed by atoms with Crippen molar-refractivity contribution in [2.75, 3.05) is 22.7 Å². The Bertz CT molecular complexity index is 1580. The van der Waals surface area contributed by atoms with Crippen LogP contribution in [0.15, 0.2) is 60.9 Å². The maximum absolute atomic E-state index is 13.1. The zero-order chi connectivity index (χ0) is 24.5. The van der Waals surface area contributed by atoms with Gasteiger partial charge in [0.05, 0.1) is 32.6 Å². The molecular weight excluding hydrogens is 490 g/mol. The molecule has 1 saturated heterocycles. The van der Waals surface area contributed by atoms with Crippen molar-refractivity contribution in [3.05, 3.63) is 76.9 Å². The maximum Gasteiger partial charge on any atom is 0.239 e. The molecule has 0 unspecified atom stereocenters. The number of nitrogens with zero attached hydrogens (tertiary/aromatic N) is 3. The van der Waals surface area contributed by atoms with Crippen molar-refractivity contribution in [2.24, 2.45) is 0 Å². The van der Waals surface area contributed by atoms with Crippen LogP contribution in [0, 0.1) is 11.8 Å². The Morgan fingerprint density at radius 3 is 2.86 bits per heavy atom. The predicted molar refractivity (Wildman–Crippen MR) is 145 cm³/mol. The van der Waals surface area contributed by atoms with Gasteiger partial charge in [0.2, 0.25) is 10.0 Å². The SMILES string of the molecule is O=S(=O)(Cc1ccccc1)N1CCc2cc(Nc3ncnc4cc(C#C[C@@H]5CCCN5)sc34)ccc21. The van der Waals surface area contributed by atoms with E-state index in [1.54, 1.807) is 17.7 Å². The zero-order valence-electron chi connectivity index (χ0n) is 19.6. The van der Waals surface area contributed by atoms with Crippen molar-refractivity contribution in [1.29, 1.82) is 0 Å². The summed E-state index contributed by atoms with van der Waals surface area (Å²) in [6.45, 7) is 1.48. The first-order valence-electron chi connectivity index (χ1n) is 12.0. The third-order valence-electron chi connectivity index (χ3n) is 6.46. The molecule has 0 radical (unpaired) electrons. The largest absolute Gasteiger partial charge is 0.339 e. The van der Waals surface area contributed by atoms with Gasteiger partial charge in [0.25, 0.3) is 0 Å². The lowest BCUT2D eigenvalue weighted by Gasteiger charge is -2.20. The number of hydrogen-bond acceptors (Lipinski definition) is 7. The highest BCUT2D eigenvalue weighted by Crippen LogP contribution is 2.36. The number of nitrogens with one attached hydrogen (secondary N) is 2. The number of rotatable bonds is 5. The van der Waals surface area contributed by atoms with Crippen molar-refractivity contribution in [1.82, 2.24) is 15.3 Å². The number of benzene rings is 2. The number of thiophene rings is 1. The molecule has 4 heterocycles. The van der Waals surface area contributed by atoms with Gasteiger partial charge >= 0.3 is 0 Å². The van der Waals surface area contributed by atoms with Crippen molar-refractivity contribution >= 4 is 48.8 Å². The van der Waals surface area contributed by atoms with Gasteiger partial charge in [-0.15, -0.1) is 11.3 Å². The Morgan fingerprint density at radius 1 is 1.14 bits per heavy atom. The second kappa shape index (κ2) is 9.54. The Morgan fingerprint density at radius 2 is 2.03 bits per heavy atom. The third-order valence-corrected chi connectivity index (χ3v) is 9.26. The maximum atomic E-state index is 13.1. The van der Waals surface area contributed by atoms with E-state index in [0.717, 1.165) is 56.4 Å². The van der Waals surface area contributed by atoms with E-state index in [0.29, 0.717) is 13.0 Å². The summed E-state index contributed by atoms with van der Waals surface area (Å²) >= 11 is 1.58. The number of aromatic nitrogens is 2. The van der Waals surface area contributed by atoms with Crippen molar-refractivity contribution in [3.63, 3.8) is 0 Å². The van der Waals surface area contributed by atoms with Crippen LogP contribution >= 0.6 is 11.3 Å². The standard InChI is InChI=1S/C27H25N5O2S2/c33-36(34,17-19-5-2-1-3-6-19)32-14-12-20-15-22(9-11-25(20)32)31-27-26-24(29-18-30-27)16-23(35-26)10-8-21-7-4-13-28-21/h1-3,5-6,9,11,15-16,18,21,28H,4,7,12-14,17H2,(H,29,30,31)/t21-/m0/s1. The molecule has 4 aromatic rings. The second-order valence-corrected chi connectivity index (χ2v) is 11.9. The van der Waals surface area contributed by atoms with Crippen LogP contribution in [0.3, 0.4) is 0 Å². The summed E-state index contributed by atoms with van der Waals surface area (Å²) < 4.78 is 28.7. The Balaban J connectivity index is 1.22. The Labute approximate surface area is 214 Å². The molecule has 0 saturated carbocycles. The van der Waals surface area contributed by atoms with Gasteiger partial charge in [-0.3, -0.25) is 4.31 Å². The molecule has 2 aromatic carbocycles. The summed E-state index contributed by atoms with van der Waals surface area (Å²) in [7, 11) is -3.46. The summed E-state index contributed by atoms with van der Waals surface area (Å²) in [4.78, 5) is 9.85. The molecule has 2 N–H and O–H groups in total. The minimum atomic E-state index is -3.46. The molecule has 182 valence electrons. The molecule has 0 amide bonds. The first-order chi connectivity index (χ1) is 17.5. The van der Waals surface area contributed by atoms with Gasteiger partial charge in [0.1, 0.15) is 6.33 Å². The molecule has 2 aliphatic heterocycles. The molecule has 2 aliphatic rings. The molecule has 6 rings (SSSR count). The molecule has 36 heavy (non-hydrogen) atoms. The summed E-state index contributed by atoms with van der Waals surface area (Å²) in [6, 6.07) is 17.4. The normalized spacial score (nSPS) is 17.1. The molecule has 1 atom stereocenters. The van der Waals surface area contributed by atoms with E-state index in [2.05, 4.69) is 32.4 Å². The second-order valence-electron chi connectivity index (χ2n) is 9.00. The van der Waals surface area contributed by atoms with Crippen LogP contribution in [-0.2, 0) is 22.2 Å². The first kappa shape index (κ1) is 23.0. The molecule has 9 heteroatoms. The average Bonchev–Trinajstić information content (AvgIpc) is 3.62. The van der Waals surface area contributed by atoms with E-state index in [9.17, 15) is 8.42 Å². The highest BCUT2D eigenvalue weighted by Gasteiger charge is 2.29. The average molecular weight is 516 g/mol. The van der Waals surface area contributed by atoms with Crippen LogP contribution in [0.4, 0.5) is 17.2 Å². The van der Waals surface area contributed by atoms with Crippen molar-refractivity contribution in [3.8, 4) is 11.8 Å². The van der Waals surface area contributed by atoms with Gasteiger partial charge in [-0.25, -0.2) is 18.4 Å². The van der Waals surface area contributed by atoms with E-state index in [-0.39, 0.29) is 11.8 Å². The molecule has 2 aromatic heterocycles. The highest BCUT2D eigenvalue weighted by molar-refractivity contribution is 7.92. The number of sulfonamides is 1. The smallest absolute Gasteiger partial charge is 0.239 e. The minimum absolute atomic E-state index is 0.00733. The van der Waals surface area contributed by atoms with Gasteiger partial charge in [-0.2, -0.15) is 0 Å². The van der Waals surface area contributed by atoms with Gasteiger partial charge in [0, 0.05) is 12.2 Å². The fraction of sp³-hybridized carbons (Fsp3) is 0.259. The molecule has 0 spiro atoms. The molecule has 0 aliphatic carbocycles. The van der Waals surface area contributed by atoms with Crippen LogP contribution < -0.4 is 14.9 Å². The predicted octanol–water partition coefficient (Wildman–Crippen LogP) is 4.43. The van der Waals surface area contributed by atoms with E-state index in [1.807, 2.05) is 54.6 Å². The van der Waals surface area contributed by atoms with Crippen LogP contribution in [0.25, 0.3) is 10.2 Å². The van der Waals surface area contributed by atoms with Gasteiger partial charge in [-0.05, 0) is 61.2 Å². The fourth-order valence-electron chi connectivity index (χ4n) is 4.71. The molecule has 1 fully saturated rings. The number of anilines is 3. The number of hydrogen-bond donors (Lipinski definition) is 2. The molecule has 7 nitrogen and oxygen atoms in total. The summed E-state index contributed by atoms with van der Waals surface area (Å²) in [5.74, 6) is 7.32. The van der Waals surface area contributed by atoms with E-state index < -0.39 is 10.0 Å². The van der Waals surface area contributed by atoms with Gasteiger partial charge < -0.3 is 10.6 Å².